The molecular formula is C26H24N6O. The van der Waals surface area contributed by atoms with E-state index in [-0.39, 0.29) is 5.91 Å². The Morgan fingerprint density at radius 2 is 1.67 bits per heavy atom. The zero-order valence-corrected chi connectivity index (χ0v) is 18.8. The highest BCUT2D eigenvalue weighted by molar-refractivity contribution is 6.12. The zero-order chi connectivity index (χ0) is 22.9. The van der Waals surface area contributed by atoms with Crippen molar-refractivity contribution in [2.24, 2.45) is 0 Å². The fraction of sp³-hybridized carbons (Fsp3) is 0.154. The first-order valence-electron chi connectivity index (χ1n) is 10.8. The summed E-state index contributed by atoms with van der Waals surface area (Å²) in [6, 6.07) is 21.5. The van der Waals surface area contributed by atoms with E-state index in [4.69, 9.17) is 4.98 Å². The zero-order valence-electron chi connectivity index (χ0n) is 18.8. The van der Waals surface area contributed by atoms with Gasteiger partial charge in [0.15, 0.2) is 5.65 Å². The van der Waals surface area contributed by atoms with E-state index in [0.29, 0.717) is 23.4 Å². The maximum atomic E-state index is 13.3. The van der Waals surface area contributed by atoms with Crippen LogP contribution in [0.5, 0.6) is 0 Å². The minimum atomic E-state index is -0.185. The van der Waals surface area contributed by atoms with Crippen molar-refractivity contribution >= 4 is 22.6 Å². The summed E-state index contributed by atoms with van der Waals surface area (Å²) in [6.07, 6.45) is 1.91. The van der Waals surface area contributed by atoms with Crippen LogP contribution in [0.15, 0.2) is 72.9 Å². The molecule has 0 saturated carbocycles. The number of rotatable bonds is 5. The Morgan fingerprint density at radius 1 is 0.909 bits per heavy atom. The summed E-state index contributed by atoms with van der Waals surface area (Å²) in [6.45, 7) is 6.36. The van der Waals surface area contributed by atoms with E-state index in [9.17, 15) is 4.79 Å². The van der Waals surface area contributed by atoms with Gasteiger partial charge in [-0.25, -0.2) is 14.3 Å². The summed E-state index contributed by atoms with van der Waals surface area (Å²) >= 11 is 0. The van der Waals surface area contributed by atoms with Crippen LogP contribution >= 0.6 is 0 Å². The Bertz CT molecular complexity index is 1450. The number of benzene rings is 2. The number of nitrogens with zero attached hydrogens (tertiary/aromatic N) is 5. The highest BCUT2D eigenvalue weighted by atomic mass is 16.1. The van der Waals surface area contributed by atoms with Crippen molar-refractivity contribution in [3.63, 3.8) is 0 Å². The first kappa shape index (κ1) is 20.6. The molecule has 3 aromatic heterocycles. The van der Waals surface area contributed by atoms with Gasteiger partial charge in [-0.05, 0) is 62.7 Å². The first-order valence-corrected chi connectivity index (χ1v) is 10.8. The molecule has 0 saturated heterocycles. The molecule has 0 unspecified atom stereocenters. The predicted octanol–water partition coefficient (Wildman–Crippen LogP) is 4.84. The topological polar surface area (TPSA) is 77.6 Å². The molecule has 7 heteroatoms. The van der Waals surface area contributed by atoms with Gasteiger partial charge in [0.1, 0.15) is 0 Å². The van der Waals surface area contributed by atoms with Gasteiger partial charge in [0.25, 0.3) is 5.91 Å². The Labute approximate surface area is 191 Å². The van der Waals surface area contributed by atoms with E-state index < -0.39 is 0 Å². The average molecular weight is 437 g/mol. The summed E-state index contributed by atoms with van der Waals surface area (Å²) in [4.78, 5) is 18.0. The number of aryl methyl sites for hydroxylation is 3. The molecule has 0 aliphatic carbocycles. The third-order valence-corrected chi connectivity index (χ3v) is 5.54. The lowest BCUT2D eigenvalue weighted by Crippen LogP contribution is -2.13. The summed E-state index contributed by atoms with van der Waals surface area (Å²) < 4.78 is 3.67. The Morgan fingerprint density at radius 3 is 2.36 bits per heavy atom. The molecule has 0 bridgehead atoms. The monoisotopic (exact) mass is 436 g/mol. The molecule has 0 aliphatic heterocycles. The van der Waals surface area contributed by atoms with Gasteiger partial charge < -0.3 is 5.32 Å². The standard InChI is InChI=1S/C26H24N6O/c1-17-13-14-31(29-17)22-11-9-21(10-12-22)28-26(33)23-15-18(2)27-25-24(23)19(3)30-32(25)16-20-7-5-4-6-8-20/h4-15H,16H2,1-3H3,(H,28,33). The number of amides is 1. The van der Waals surface area contributed by atoms with Crippen LogP contribution in [0.25, 0.3) is 16.7 Å². The fourth-order valence-corrected chi connectivity index (χ4v) is 3.98. The van der Waals surface area contributed by atoms with E-state index in [1.165, 1.54) is 0 Å². The predicted molar refractivity (Wildman–Crippen MR) is 129 cm³/mol. The van der Waals surface area contributed by atoms with Crippen molar-refractivity contribution in [1.82, 2.24) is 24.5 Å². The van der Waals surface area contributed by atoms with Crippen LogP contribution in [0.3, 0.4) is 0 Å². The lowest BCUT2D eigenvalue weighted by Gasteiger charge is -2.09. The second-order valence-electron chi connectivity index (χ2n) is 8.14. The van der Waals surface area contributed by atoms with Gasteiger partial charge in [-0.3, -0.25) is 4.79 Å². The van der Waals surface area contributed by atoms with Gasteiger partial charge in [-0.2, -0.15) is 10.2 Å². The van der Waals surface area contributed by atoms with Gasteiger partial charge in [-0.15, -0.1) is 0 Å². The van der Waals surface area contributed by atoms with Crippen molar-refractivity contribution < 1.29 is 4.79 Å². The van der Waals surface area contributed by atoms with Crippen molar-refractivity contribution in [3.8, 4) is 5.69 Å². The molecule has 0 atom stereocenters. The molecule has 33 heavy (non-hydrogen) atoms. The minimum Gasteiger partial charge on any atom is -0.322 e. The van der Waals surface area contributed by atoms with Gasteiger partial charge >= 0.3 is 0 Å². The second kappa shape index (κ2) is 8.35. The molecule has 5 rings (SSSR count). The number of aromatic nitrogens is 5. The van der Waals surface area contributed by atoms with Crippen LogP contribution in [-0.2, 0) is 6.54 Å². The van der Waals surface area contributed by atoms with E-state index in [0.717, 1.165) is 33.7 Å². The maximum absolute atomic E-state index is 13.3. The van der Waals surface area contributed by atoms with Crippen molar-refractivity contribution in [3.05, 3.63) is 101 Å². The van der Waals surface area contributed by atoms with Gasteiger partial charge in [0, 0.05) is 17.6 Å². The first-order chi connectivity index (χ1) is 16.0. The van der Waals surface area contributed by atoms with Gasteiger partial charge in [0.05, 0.1) is 34.6 Å². The molecule has 0 aliphatic rings. The van der Waals surface area contributed by atoms with Crippen LogP contribution in [0, 0.1) is 20.8 Å². The van der Waals surface area contributed by atoms with Gasteiger partial charge in [0.2, 0.25) is 0 Å². The molecule has 164 valence electrons. The minimum absolute atomic E-state index is 0.185. The van der Waals surface area contributed by atoms with Crippen molar-refractivity contribution in [2.45, 2.75) is 27.3 Å². The maximum Gasteiger partial charge on any atom is 0.256 e. The number of hydrogen-bond donors (Lipinski definition) is 1. The highest BCUT2D eigenvalue weighted by Crippen LogP contribution is 2.24. The molecule has 0 radical (unpaired) electrons. The average Bonchev–Trinajstić information content (AvgIpc) is 3.37. The number of pyridine rings is 1. The van der Waals surface area contributed by atoms with E-state index in [1.54, 1.807) is 4.68 Å². The summed E-state index contributed by atoms with van der Waals surface area (Å²) in [5.41, 5.74) is 6.56. The Balaban J connectivity index is 1.45. The Kier molecular flexibility index (Phi) is 5.22. The third kappa shape index (κ3) is 4.13. The quantitative estimate of drug-likeness (QED) is 0.428. The molecule has 0 spiro atoms. The number of fused-ring (bicyclic) bond motifs is 1. The Hall–Kier alpha value is -4.26. The van der Waals surface area contributed by atoms with Crippen LogP contribution in [0.2, 0.25) is 0 Å². The summed E-state index contributed by atoms with van der Waals surface area (Å²) in [5.74, 6) is -0.185. The van der Waals surface area contributed by atoms with Crippen LogP contribution in [-0.4, -0.2) is 30.5 Å². The second-order valence-corrected chi connectivity index (χ2v) is 8.14. The number of hydrogen-bond acceptors (Lipinski definition) is 4. The number of anilines is 1. The van der Waals surface area contributed by atoms with Crippen molar-refractivity contribution in [1.29, 1.82) is 0 Å². The third-order valence-electron chi connectivity index (χ3n) is 5.54. The number of nitrogens with one attached hydrogen (secondary N) is 1. The number of carbonyl (C=O) groups is 1. The smallest absolute Gasteiger partial charge is 0.256 e. The van der Waals surface area contributed by atoms with Crippen LogP contribution in [0.1, 0.15) is 33.0 Å². The molecule has 0 fully saturated rings. The molecular weight excluding hydrogens is 412 g/mol. The van der Waals surface area contributed by atoms with Crippen molar-refractivity contribution in [2.75, 3.05) is 5.32 Å². The van der Waals surface area contributed by atoms with Gasteiger partial charge in [-0.1, -0.05) is 30.3 Å². The SMILES string of the molecule is Cc1cc(C(=O)Nc2ccc(-n3ccc(C)n3)cc2)c2c(C)nn(Cc3ccccc3)c2n1. The fourth-order valence-electron chi connectivity index (χ4n) is 3.98. The van der Waals surface area contributed by atoms with E-state index in [2.05, 4.69) is 27.6 Å². The normalized spacial score (nSPS) is 11.1. The van der Waals surface area contributed by atoms with Crippen LogP contribution in [0.4, 0.5) is 5.69 Å². The molecule has 7 nitrogen and oxygen atoms in total. The van der Waals surface area contributed by atoms with Crippen LogP contribution < -0.4 is 5.32 Å². The summed E-state index contributed by atoms with van der Waals surface area (Å²) in [7, 11) is 0. The largest absolute Gasteiger partial charge is 0.322 e. The summed E-state index contributed by atoms with van der Waals surface area (Å²) in [5, 5.41) is 12.9. The molecule has 2 aromatic carbocycles. The molecule has 5 aromatic rings. The lowest BCUT2D eigenvalue weighted by atomic mass is 10.1. The molecule has 3 heterocycles. The van der Waals surface area contributed by atoms with E-state index >= 15 is 0 Å². The molecule has 1 amide bonds. The number of carbonyl (C=O) groups excluding carboxylic acids is 1. The molecule has 1 N–H and O–H groups in total. The lowest BCUT2D eigenvalue weighted by molar-refractivity contribution is 0.102. The van der Waals surface area contributed by atoms with E-state index in [1.807, 2.05) is 86.2 Å². The highest BCUT2D eigenvalue weighted by Gasteiger charge is 2.19.